The Hall–Kier alpha value is -0.0831. The maximum atomic E-state index is 4.02. The van der Waals surface area contributed by atoms with E-state index in [0.29, 0.717) is 0 Å². The predicted octanol–water partition coefficient (Wildman–Crippen LogP) is 3.61. The molecule has 84 valence electrons. The molecule has 0 saturated carbocycles. The Morgan fingerprint density at radius 2 is 1.93 bits per heavy atom. The van der Waals surface area contributed by atoms with Crippen molar-refractivity contribution in [3.63, 3.8) is 0 Å². The monoisotopic (exact) mass is 213 g/mol. The van der Waals surface area contributed by atoms with Crippen molar-refractivity contribution in [2.24, 2.45) is 0 Å². The van der Waals surface area contributed by atoms with Gasteiger partial charge in [-0.25, -0.2) is 0 Å². The third kappa shape index (κ3) is 7.33. The molecule has 0 fully saturated rings. The van der Waals surface area contributed by atoms with Crippen molar-refractivity contribution in [2.45, 2.75) is 45.5 Å². The Balaban J connectivity index is 3.70. The molecule has 0 rings (SSSR count). The molecule has 14 heavy (non-hydrogen) atoms. The molecule has 0 aliphatic heterocycles. The van der Waals surface area contributed by atoms with E-state index in [2.05, 4.69) is 45.5 Å². The number of allylic oxidation sites excluding steroid dienone is 1. The molecule has 0 N–H and O–H groups in total. The minimum atomic E-state index is -0.972. The quantitative estimate of drug-likeness (QED) is 0.461. The molecule has 0 atom stereocenters. The van der Waals surface area contributed by atoms with Gasteiger partial charge < -0.3 is 4.90 Å². The second-order valence-electron chi connectivity index (χ2n) is 5.30. The predicted molar refractivity (Wildman–Crippen MR) is 69.7 cm³/mol. The number of nitrogens with zero attached hydrogens (tertiary/aromatic N) is 1. The molecule has 0 amide bonds. The van der Waals surface area contributed by atoms with Crippen LogP contribution in [0.5, 0.6) is 0 Å². The molecular weight excluding hydrogens is 186 g/mol. The largest absolute Gasteiger partial charge is 0.307 e. The minimum absolute atomic E-state index is 0.972. The summed E-state index contributed by atoms with van der Waals surface area (Å²) in [6.45, 7) is 15.8. The molecule has 0 aromatic carbocycles. The van der Waals surface area contributed by atoms with Gasteiger partial charge in [-0.05, 0) is 39.5 Å². The van der Waals surface area contributed by atoms with Gasteiger partial charge in [0.2, 0.25) is 0 Å². The van der Waals surface area contributed by atoms with Gasteiger partial charge >= 0.3 is 0 Å². The van der Waals surface area contributed by atoms with Crippen LogP contribution in [-0.2, 0) is 0 Å². The Labute approximate surface area is 91.2 Å². The second-order valence-corrected chi connectivity index (χ2v) is 10.5. The average Bonchev–Trinajstić information content (AvgIpc) is 2.01. The van der Waals surface area contributed by atoms with Gasteiger partial charge in [0.05, 0.1) is 8.07 Å². The Bertz CT molecular complexity index is 175. The summed E-state index contributed by atoms with van der Waals surface area (Å²) in [6, 6.07) is 2.73. The van der Waals surface area contributed by atoms with E-state index < -0.39 is 8.07 Å². The van der Waals surface area contributed by atoms with Gasteiger partial charge in [0, 0.05) is 0 Å². The first kappa shape index (κ1) is 13.9. The van der Waals surface area contributed by atoms with Crippen molar-refractivity contribution in [1.29, 1.82) is 0 Å². The summed E-state index contributed by atoms with van der Waals surface area (Å²) in [5, 5.41) is 0. The van der Waals surface area contributed by atoms with E-state index in [0.717, 1.165) is 0 Å². The molecule has 0 aromatic heterocycles. The van der Waals surface area contributed by atoms with Crippen molar-refractivity contribution >= 4 is 8.07 Å². The van der Waals surface area contributed by atoms with Crippen molar-refractivity contribution < 1.29 is 0 Å². The molecule has 2 heteroatoms. The summed E-state index contributed by atoms with van der Waals surface area (Å²) in [7, 11) is 1.23. The van der Waals surface area contributed by atoms with Crippen molar-refractivity contribution in [3.8, 4) is 0 Å². The summed E-state index contributed by atoms with van der Waals surface area (Å²) < 4.78 is 0. The molecule has 1 nitrogen and oxygen atoms in total. The highest BCUT2D eigenvalue weighted by Crippen LogP contribution is 2.21. The lowest BCUT2D eigenvalue weighted by molar-refractivity contribution is 0.353. The van der Waals surface area contributed by atoms with Gasteiger partial charge in [0.15, 0.2) is 0 Å². The standard InChI is InChI=1S/C12H27NSi/c1-7-13(4)9-8-10-14(5,6)11-12(2)3/h2,7-11H2,1,3-6H3. The fourth-order valence-corrected chi connectivity index (χ4v) is 4.82. The first-order valence-corrected chi connectivity index (χ1v) is 9.12. The third-order valence-electron chi connectivity index (χ3n) is 2.71. The summed E-state index contributed by atoms with van der Waals surface area (Å²) in [6.07, 6.45) is 1.36. The zero-order valence-electron chi connectivity index (χ0n) is 10.7. The molecule has 0 saturated heterocycles. The molecule has 0 bridgehead atoms. The maximum Gasteiger partial charge on any atom is 0.0514 e. The maximum absolute atomic E-state index is 4.02. The molecular formula is C12H27NSi. The highest BCUT2D eigenvalue weighted by molar-refractivity contribution is 6.77. The van der Waals surface area contributed by atoms with E-state index in [1.165, 1.54) is 37.2 Å². The Morgan fingerprint density at radius 1 is 1.36 bits per heavy atom. The van der Waals surface area contributed by atoms with Crippen LogP contribution < -0.4 is 0 Å². The fraction of sp³-hybridized carbons (Fsp3) is 0.833. The summed E-state index contributed by atoms with van der Waals surface area (Å²) in [5.74, 6) is 0. The van der Waals surface area contributed by atoms with Crippen LogP contribution in [0.15, 0.2) is 12.2 Å². The molecule has 0 aliphatic rings. The van der Waals surface area contributed by atoms with E-state index >= 15 is 0 Å². The van der Waals surface area contributed by atoms with Gasteiger partial charge in [-0.3, -0.25) is 0 Å². The zero-order chi connectivity index (χ0) is 11.2. The normalized spacial score (nSPS) is 12.1. The Morgan fingerprint density at radius 3 is 2.36 bits per heavy atom. The van der Waals surface area contributed by atoms with Crippen LogP contribution >= 0.6 is 0 Å². The van der Waals surface area contributed by atoms with Crippen molar-refractivity contribution in [1.82, 2.24) is 4.90 Å². The van der Waals surface area contributed by atoms with Gasteiger partial charge in [-0.15, -0.1) is 6.58 Å². The van der Waals surface area contributed by atoms with Crippen LogP contribution in [0, 0.1) is 0 Å². The van der Waals surface area contributed by atoms with Crippen LogP contribution in [0.3, 0.4) is 0 Å². The highest BCUT2D eigenvalue weighted by Gasteiger charge is 2.19. The van der Waals surface area contributed by atoms with E-state index in [9.17, 15) is 0 Å². The summed E-state index contributed by atoms with van der Waals surface area (Å²) in [5.41, 5.74) is 1.37. The lowest BCUT2D eigenvalue weighted by Gasteiger charge is -2.23. The Kier molecular flexibility index (Phi) is 6.37. The average molecular weight is 213 g/mol. The molecule has 0 heterocycles. The van der Waals surface area contributed by atoms with Crippen LogP contribution in [0.25, 0.3) is 0 Å². The molecule has 0 unspecified atom stereocenters. The topological polar surface area (TPSA) is 3.24 Å². The molecule has 0 aromatic rings. The van der Waals surface area contributed by atoms with Crippen molar-refractivity contribution in [2.75, 3.05) is 20.1 Å². The first-order chi connectivity index (χ1) is 6.37. The lowest BCUT2D eigenvalue weighted by Crippen LogP contribution is -2.27. The van der Waals surface area contributed by atoms with Crippen molar-refractivity contribution in [3.05, 3.63) is 12.2 Å². The zero-order valence-corrected chi connectivity index (χ0v) is 11.7. The molecule has 0 aliphatic carbocycles. The SMILES string of the molecule is C=C(C)C[Si](C)(C)CCCN(C)CC. The van der Waals surface area contributed by atoms with E-state index in [4.69, 9.17) is 0 Å². The van der Waals surface area contributed by atoms with Gasteiger partial charge in [-0.1, -0.05) is 31.6 Å². The molecule has 0 radical (unpaired) electrons. The number of hydrogen-bond donors (Lipinski definition) is 0. The number of hydrogen-bond acceptors (Lipinski definition) is 1. The van der Waals surface area contributed by atoms with Gasteiger partial charge in [0.25, 0.3) is 0 Å². The lowest BCUT2D eigenvalue weighted by atomic mass is 10.4. The smallest absolute Gasteiger partial charge is 0.0514 e. The fourth-order valence-electron chi connectivity index (χ4n) is 1.89. The van der Waals surface area contributed by atoms with Crippen LogP contribution in [0.2, 0.25) is 25.2 Å². The summed E-state index contributed by atoms with van der Waals surface area (Å²) in [4.78, 5) is 2.39. The second kappa shape index (κ2) is 6.41. The van der Waals surface area contributed by atoms with Crippen LogP contribution in [0.1, 0.15) is 20.3 Å². The minimum Gasteiger partial charge on any atom is -0.307 e. The van der Waals surface area contributed by atoms with E-state index in [1.807, 2.05) is 0 Å². The van der Waals surface area contributed by atoms with E-state index in [-0.39, 0.29) is 0 Å². The van der Waals surface area contributed by atoms with Crippen LogP contribution in [-0.4, -0.2) is 33.1 Å². The highest BCUT2D eigenvalue weighted by atomic mass is 28.3. The molecule has 0 spiro atoms. The first-order valence-electron chi connectivity index (χ1n) is 5.70. The van der Waals surface area contributed by atoms with Crippen LogP contribution in [0.4, 0.5) is 0 Å². The van der Waals surface area contributed by atoms with Gasteiger partial charge in [0.1, 0.15) is 0 Å². The number of rotatable bonds is 7. The summed E-state index contributed by atoms with van der Waals surface area (Å²) >= 11 is 0. The van der Waals surface area contributed by atoms with E-state index in [1.54, 1.807) is 0 Å². The van der Waals surface area contributed by atoms with Gasteiger partial charge in [-0.2, -0.15) is 0 Å². The third-order valence-corrected chi connectivity index (χ3v) is 5.98.